The summed E-state index contributed by atoms with van der Waals surface area (Å²) < 4.78 is 10.8. The normalized spacial score (nSPS) is 28.9. The van der Waals surface area contributed by atoms with Gasteiger partial charge in [-0.2, -0.15) is 0 Å². The molecule has 0 aromatic rings. The number of piperidine rings is 1. The summed E-state index contributed by atoms with van der Waals surface area (Å²) in [7, 11) is 0. The summed E-state index contributed by atoms with van der Waals surface area (Å²) >= 11 is 0. The first-order valence-corrected chi connectivity index (χ1v) is 3.85. The molecule has 4 nitrogen and oxygen atoms in total. The molecule has 0 atom stereocenters. The van der Waals surface area contributed by atoms with Crippen LogP contribution in [-0.4, -0.2) is 31.5 Å². The summed E-state index contributed by atoms with van der Waals surface area (Å²) in [5.41, 5.74) is 0. The third-order valence-corrected chi connectivity index (χ3v) is 2.10. The fourth-order valence-electron chi connectivity index (χ4n) is 1.46. The average molecular weight is 157 g/mol. The number of carbonyl (C=O) groups is 1. The molecular weight excluding hydrogens is 146 g/mol. The van der Waals surface area contributed by atoms with Crippen molar-refractivity contribution in [2.45, 2.75) is 18.6 Å². The Labute approximate surface area is 64.9 Å². The maximum atomic E-state index is 10.8. The molecule has 1 spiro atoms. The van der Waals surface area contributed by atoms with E-state index in [1.807, 2.05) is 0 Å². The zero-order valence-electron chi connectivity index (χ0n) is 6.26. The van der Waals surface area contributed by atoms with Crippen molar-refractivity contribution in [2.24, 2.45) is 0 Å². The lowest BCUT2D eigenvalue weighted by atomic mass is 10.1. The lowest BCUT2D eigenvalue weighted by Crippen LogP contribution is -2.48. The molecular formula is C7H11NO3. The van der Waals surface area contributed by atoms with Crippen molar-refractivity contribution in [3.63, 3.8) is 0 Å². The molecule has 1 amide bonds. The molecule has 0 saturated carbocycles. The van der Waals surface area contributed by atoms with Crippen LogP contribution in [0.15, 0.2) is 0 Å². The summed E-state index contributed by atoms with van der Waals surface area (Å²) in [4.78, 5) is 10.8. The van der Waals surface area contributed by atoms with Crippen LogP contribution in [0.5, 0.6) is 0 Å². The number of amides is 1. The van der Waals surface area contributed by atoms with Crippen LogP contribution >= 0.6 is 0 Å². The smallest absolute Gasteiger partial charge is 0.220 e. The Bertz CT molecular complexity index is 163. The van der Waals surface area contributed by atoms with Gasteiger partial charge in [-0.15, -0.1) is 0 Å². The Morgan fingerprint density at radius 1 is 1.36 bits per heavy atom. The first-order valence-electron chi connectivity index (χ1n) is 3.85. The van der Waals surface area contributed by atoms with Crippen molar-refractivity contribution in [2.75, 3.05) is 19.8 Å². The number of rotatable bonds is 0. The monoisotopic (exact) mass is 157 g/mol. The van der Waals surface area contributed by atoms with Crippen LogP contribution in [0.2, 0.25) is 0 Å². The summed E-state index contributed by atoms with van der Waals surface area (Å²) in [6, 6.07) is 0. The predicted octanol–water partition coefficient (Wildman–Crippen LogP) is -0.361. The fraction of sp³-hybridized carbons (Fsp3) is 0.857. The second-order valence-corrected chi connectivity index (χ2v) is 2.88. The van der Waals surface area contributed by atoms with E-state index in [1.165, 1.54) is 0 Å². The quantitative estimate of drug-likeness (QED) is 0.522. The standard InChI is InChI=1S/C7H11NO3/c9-6-1-2-7(5-8-6)10-3-4-11-7/h1-5H2,(H,8,9). The minimum atomic E-state index is -0.478. The van der Waals surface area contributed by atoms with Crippen molar-refractivity contribution in [3.05, 3.63) is 0 Å². The van der Waals surface area contributed by atoms with Crippen LogP contribution in [0.4, 0.5) is 0 Å². The van der Waals surface area contributed by atoms with E-state index in [9.17, 15) is 4.79 Å². The van der Waals surface area contributed by atoms with Crippen molar-refractivity contribution in [1.29, 1.82) is 0 Å². The largest absolute Gasteiger partial charge is 0.351 e. The van der Waals surface area contributed by atoms with Crippen LogP contribution in [0, 0.1) is 0 Å². The SMILES string of the molecule is O=C1CCC2(CN1)OCCO2. The van der Waals surface area contributed by atoms with E-state index < -0.39 is 5.79 Å². The Balaban J connectivity index is 1.99. The molecule has 2 rings (SSSR count). The van der Waals surface area contributed by atoms with E-state index >= 15 is 0 Å². The van der Waals surface area contributed by atoms with E-state index in [2.05, 4.69) is 5.32 Å². The summed E-state index contributed by atoms with van der Waals surface area (Å²) in [5, 5.41) is 2.73. The Hall–Kier alpha value is -0.610. The van der Waals surface area contributed by atoms with E-state index in [1.54, 1.807) is 0 Å². The van der Waals surface area contributed by atoms with Crippen LogP contribution in [0.3, 0.4) is 0 Å². The minimum absolute atomic E-state index is 0.0923. The van der Waals surface area contributed by atoms with Gasteiger partial charge in [-0.05, 0) is 0 Å². The van der Waals surface area contributed by atoms with Gasteiger partial charge in [0.1, 0.15) is 0 Å². The second-order valence-electron chi connectivity index (χ2n) is 2.88. The van der Waals surface area contributed by atoms with Crippen molar-refractivity contribution >= 4 is 5.91 Å². The highest BCUT2D eigenvalue weighted by atomic mass is 16.7. The van der Waals surface area contributed by atoms with Gasteiger partial charge < -0.3 is 14.8 Å². The minimum Gasteiger partial charge on any atom is -0.351 e. The number of hydrogen-bond acceptors (Lipinski definition) is 3. The Morgan fingerprint density at radius 3 is 2.64 bits per heavy atom. The Morgan fingerprint density at radius 2 is 2.09 bits per heavy atom. The van der Waals surface area contributed by atoms with Gasteiger partial charge in [-0.1, -0.05) is 0 Å². The van der Waals surface area contributed by atoms with Crippen LogP contribution < -0.4 is 5.32 Å². The van der Waals surface area contributed by atoms with Crippen LogP contribution in [0.1, 0.15) is 12.8 Å². The first kappa shape index (κ1) is 7.06. The molecule has 2 fully saturated rings. The van der Waals surface area contributed by atoms with Crippen LogP contribution in [-0.2, 0) is 14.3 Å². The third-order valence-electron chi connectivity index (χ3n) is 2.10. The Kier molecular flexibility index (Phi) is 1.58. The molecule has 11 heavy (non-hydrogen) atoms. The molecule has 2 heterocycles. The predicted molar refractivity (Wildman–Crippen MR) is 36.9 cm³/mol. The molecule has 4 heteroatoms. The number of ether oxygens (including phenoxy) is 2. The molecule has 0 aliphatic carbocycles. The zero-order chi connectivity index (χ0) is 7.73. The number of hydrogen-bond donors (Lipinski definition) is 1. The molecule has 2 aliphatic heterocycles. The van der Waals surface area contributed by atoms with Crippen LogP contribution in [0.25, 0.3) is 0 Å². The number of nitrogens with one attached hydrogen (secondary N) is 1. The molecule has 0 bridgehead atoms. The molecule has 2 aliphatic rings. The zero-order valence-corrected chi connectivity index (χ0v) is 6.26. The lowest BCUT2D eigenvalue weighted by molar-refractivity contribution is -0.173. The topological polar surface area (TPSA) is 47.6 Å². The maximum absolute atomic E-state index is 10.8. The van der Waals surface area contributed by atoms with E-state index in [0.29, 0.717) is 32.6 Å². The van der Waals surface area contributed by atoms with Gasteiger partial charge in [0.25, 0.3) is 0 Å². The molecule has 0 unspecified atom stereocenters. The highest BCUT2D eigenvalue weighted by Crippen LogP contribution is 2.26. The van der Waals surface area contributed by atoms with E-state index in [-0.39, 0.29) is 5.91 Å². The van der Waals surface area contributed by atoms with Gasteiger partial charge in [0, 0.05) is 12.8 Å². The summed E-state index contributed by atoms with van der Waals surface area (Å²) in [6.45, 7) is 1.80. The fourth-order valence-corrected chi connectivity index (χ4v) is 1.46. The summed E-state index contributed by atoms with van der Waals surface area (Å²) in [5.74, 6) is -0.386. The highest BCUT2D eigenvalue weighted by Gasteiger charge is 2.39. The lowest BCUT2D eigenvalue weighted by Gasteiger charge is -2.31. The van der Waals surface area contributed by atoms with Gasteiger partial charge in [0.2, 0.25) is 5.91 Å². The third kappa shape index (κ3) is 1.23. The second kappa shape index (κ2) is 2.46. The number of carbonyl (C=O) groups excluding carboxylic acids is 1. The molecule has 62 valence electrons. The van der Waals surface area contributed by atoms with Crippen molar-refractivity contribution in [1.82, 2.24) is 5.32 Å². The van der Waals surface area contributed by atoms with Gasteiger partial charge in [-0.25, -0.2) is 0 Å². The van der Waals surface area contributed by atoms with Gasteiger partial charge >= 0.3 is 0 Å². The average Bonchev–Trinajstić information content (AvgIpc) is 2.45. The van der Waals surface area contributed by atoms with Crippen molar-refractivity contribution in [3.8, 4) is 0 Å². The summed E-state index contributed by atoms with van der Waals surface area (Å²) in [6.07, 6.45) is 1.21. The maximum Gasteiger partial charge on any atom is 0.220 e. The van der Waals surface area contributed by atoms with Gasteiger partial charge in [0.05, 0.1) is 19.8 Å². The van der Waals surface area contributed by atoms with E-state index in [0.717, 1.165) is 0 Å². The van der Waals surface area contributed by atoms with Crippen molar-refractivity contribution < 1.29 is 14.3 Å². The van der Waals surface area contributed by atoms with E-state index in [4.69, 9.17) is 9.47 Å². The molecule has 0 aromatic carbocycles. The molecule has 2 saturated heterocycles. The first-order chi connectivity index (χ1) is 5.31. The molecule has 0 radical (unpaired) electrons. The van der Waals surface area contributed by atoms with Gasteiger partial charge in [-0.3, -0.25) is 4.79 Å². The van der Waals surface area contributed by atoms with Gasteiger partial charge in [0.15, 0.2) is 5.79 Å². The molecule has 1 N–H and O–H groups in total. The highest BCUT2D eigenvalue weighted by molar-refractivity contribution is 5.76. The molecule has 0 aromatic heterocycles.